The van der Waals surface area contributed by atoms with Crippen molar-refractivity contribution < 1.29 is 17.9 Å². The number of aromatic nitrogens is 3. The third-order valence-electron chi connectivity index (χ3n) is 5.23. The van der Waals surface area contributed by atoms with Crippen molar-refractivity contribution in [2.45, 2.75) is 30.3 Å². The van der Waals surface area contributed by atoms with E-state index in [4.69, 9.17) is 4.74 Å². The lowest BCUT2D eigenvalue weighted by Crippen LogP contribution is -2.30. The van der Waals surface area contributed by atoms with E-state index in [-0.39, 0.29) is 29.8 Å². The van der Waals surface area contributed by atoms with Gasteiger partial charge in [-0.3, -0.25) is 4.79 Å². The van der Waals surface area contributed by atoms with Gasteiger partial charge in [-0.15, -0.1) is 11.3 Å². The fraction of sp³-hybridized carbons (Fsp3) is 0.208. The highest BCUT2D eigenvalue weighted by atomic mass is 32.2. The van der Waals surface area contributed by atoms with Gasteiger partial charge >= 0.3 is 5.97 Å². The highest BCUT2D eigenvalue weighted by Gasteiger charge is 2.27. The van der Waals surface area contributed by atoms with Gasteiger partial charge in [0.25, 0.3) is 10.0 Å². The number of nitrogens with zero attached hydrogens (tertiary/aromatic N) is 4. The summed E-state index contributed by atoms with van der Waals surface area (Å²) >= 11 is 1.09. The number of ether oxygens (including phenoxy) is 1. The van der Waals surface area contributed by atoms with Gasteiger partial charge in [0, 0.05) is 43.5 Å². The van der Waals surface area contributed by atoms with Crippen LogP contribution in [-0.2, 0) is 39.1 Å². The van der Waals surface area contributed by atoms with E-state index in [1.807, 2.05) is 60.8 Å². The summed E-state index contributed by atoms with van der Waals surface area (Å²) in [6.07, 6.45) is 5.83. The minimum absolute atomic E-state index is 0.0579. The fourth-order valence-electron chi connectivity index (χ4n) is 3.49. The van der Waals surface area contributed by atoms with Crippen LogP contribution in [0.25, 0.3) is 5.69 Å². The van der Waals surface area contributed by atoms with Gasteiger partial charge in [0.15, 0.2) is 0 Å². The lowest BCUT2D eigenvalue weighted by molar-refractivity contribution is -0.140. The number of carbonyl (C=O) groups excluding carboxylic acids is 1. The van der Waals surface area contributed by atoms with E-state index in [0.717, 1.165) is 33.7 Å². The molecule has 10 heteroatoms. The number of methoxy groups -OCH3 is 1. The number of aryl methyl sites for hydroxylation is 1. The van der Waals surface area contributed by atoms with Crippen LogP contribution in [0.3, 0.4) is 0 Å². The number of rotatable bonds is 10. The van der Waals surface area contributed by atoms with Crippen molar-refractivity contribution in [3.05, 3.63) is 95.3 Å². The van der Waals surface area contributed by atoms with Gasteiger partial charge < -0.3 is 4.74 Å². The summed E-state index contributed by atoms with van der Waals surface area (Å²) in [5.74, 6) is -0.281. The first-order chi connectivity index (χ1) is 16.5. The highest BCUT2D eigenvalue weighted by molar-refractivity contribution is 7.91. The zero-order valence-electron chi connectivity index (χ0n) is 18.6. The van der Waals surface area contributed by atoms with Crippen LogP contribution in [0.15, 0.2) is 82.9 Å². The second kappa shape index (κ2) is 10.7. The Balaban J connectivity index is 1.57. The largest absolute Gasteiger partial charge is 0.469 e. The quantitative estimate of drug-likeness (QED) is 0.310. The van der Waals surface area contributed by atoms with Gasteiger partial charge in [-0.2, -0.15) is 9.40 Å². The molecule has 0 N–H and O–H groups in total. The first-order valence-electron chi connectivity index (χ1n) is 10.6. The van der Waals surface area contributed by atoms with Crippen LogP contribution in [0.5, 0.6) is 0 Å². The molecule has 0 fully saturated rings. The van der Waals surface area contributed by atoms with Crippen molar-refractivity contribution >= 4 is 27.3 Å². The van der Waals surface area contributed by atoms with E-state index < -0.39 is 10.0 Å². The van der Waals surface area contributed by atoms with Crippen molar-refractivity contribution in [3.63, 3.8) is 0 Å². The molecule has 2 aromatic heterocycles. The Hall–Kier alpha value is -3.34. The summed E-state index contributed by atoms with van der Waals surface area (Å²) < 4.78 is 34.7. The van der Waals surface area contributed by atoms with E-state index >= 15 is 0 Å². The van der Waals surface area contributed by atoms with Gasteiger partial charge in [0.05, 0.1) is 12.8 Å². The summed E-state index contributed by atoms with van der Waals surface area (Å²) in [6, 6.07) is 17.0. The molecule has 4 rings (SSSR count). The number of esters is 1. The molecule has 0 radical (unpaired) electrons. The molecule has 0 aliphatic heterocycles. The minimum Gasteiger partial charge on any atom is -0.469 e. The molecule has 176 valence electrons. The molecule has 34 heavy (non-hydrogen) atoms. The van der Waals surface area contributed by atoms with E-state index in [2.05, 4.69) is 10.1 Å². The molecule has 0 unspecified atom stereocenters. The number of thiazole rings is 1. The van der Waals surface area contributed by atoms with Crippen molar-refractivity contribution in [3.8, 4) is 5.69 Å². The molecule has 0 spiro atoms. The van der Waals surface area contributed by atoms with Gasteiger partial charge in [-0.05, 0) is 41.3 Å². The summed E-state index contributed by atoms with van der Waals surface area (Å²) in [6.45, 7) is 0.364. The normalized spacial score (nSPS) is 11.6. The molecular weight excluding hydrogens is 472 g/mol. The lowest BCUT2D eigenvalue weighted by atomic mass is 10.1. The molecule has 2 heterocycles. The van der Waals surface area contributed by atoms with Crippen molar-refractivity contribution in [2.75, 3.05) is 7.11 Å². The third kappa shape index (κ3) is 5.77. The average Bonchev–Trinajstić information content (AvgIpc) is 3.58. The summed E-state index contributed by atoms with van der Waals surface area (Å²) in [5.41, 5.74) is 3.51. The SMILES string of the molecule is COC(=O)CCc1cccc(CN(Cc2ccc(-n3cccn3)cc2)S(=O)(=O)c2nccs2)c1. The predicted octanol–water partition coefficient (Wildman–Crippen LogP) is 3.83. The first kappa shape index (κ1) is 23.8. The molecule has 0 saturated heterocycles. The monoisotopic (exact) mass is 496 g/mol. The number of carbonyl (C=O) groups is 1. The van der Waals surface area contributed by atoms with E-state index in [1.165, 1.54) is 17.6 Å². The van der Waals surface area contributed by atoms with Crippen molar-refractivity contribution in [1.29, 1.82) is 0 Å². The topological polar surface area (TPSA) is 94.4 Å². The molecule has 0 saturated carbocycles. The molecule has 0 aliphatic rings. The predicted molar refractivity (Wildman–Crippen MR) is 129 cm³/mol. The Bertz CT molecular complexity index is 1320. The minimum atomic E-state index is -3.80. The zero-order chi connectivity index (χ0) is 24.0. The maximum absolute atomic E-state index is 13.4. The average molecular weight is 497 g/mol. The second-order valence-electron chi connectivity index (χ2n) is 7.58. The standard InChI is InChI=1S/C24H24N4O4S2/c1-32-23(29)11-8-19-4-2-5-21(16-19)18-27(34(30,31)24-25-13-15-33-24)17-20-6-9-22(10-7-20)28-14-3-12-26-28/h2-7,9-10,12-16H,8,11,17-18H2,1H3. The van der Waals surface area contributed by atoms with Crippen molar-refractivity contribution in [1.82, 2.24) is 19.1 Å². The van der Waals surface area contributed by atoms with E-state index in [0.29, 0.717) is 6.42 Å². The number of hydrogen-bond donors (Lipinski definition) is 0. The first-order valence-corrected chi connectivity index (χ1v) is 12.9. The maximum Gasteiger partial charge on any atom is 0.305 e. The van der Waals surface area contributed by atoms with Gasteiger partial charge in [0.1, 0.15) is 0 Å². The molecule has 2 aromatic carbocycles. The number of benzene rings is 2. The second-order valence-corrected chi connectivity index (χ2v) is 10.6. The van der Waals surface area contributed by atoms with Crippen LogP contribution in [0.2, 0.25) is 0 Å². The van der Waals surface area contributed by atoms with Crippen LogP contribution in [0.4, 0.5) is 0 Å². The van der Waals surface area contributed by atoms with E-state index in [9.17, 15) is 13.2 Å². The third-order valence-corrected chi connectivity index (χ3v) is 8.20. The Labute approximate surface area is 202 Å². The summed E-state index contributed by atoms with van der Waals surface area (Å²) in [7, 11) is -2.44. The van der Waals surface area contributed by atoms with Gasteiger partial charge in [-0.1, -0.05) is 36.4 Å². The number of sulfonamides is 1. The Kier molecular flexibility index (Phi) is 7.51. The Morgan fingerprint density at radius 1 is 1.03 bits per heavy atom. The smallest absolute Gasteiger partial charge is 0.305 e. The molecule has 0 aliphatic carbocycles. The molecule has 0 bridgehead atoms. The number of hydrogen-bond acceptors (Lipinski definition) is 7. The highest BCUT2D eigenvalue weighted by Crippen LogP contribution is 2.24. The Morgan fingerprint density at radius 3 is 2.47 bits per heavy atom. The van der Waals surface area contributed by atoms with Crippen LogP contribution < -0.4 is 0 Å². The zero-order valence-corrected chi connectivity index (χ0v) is 20.2. The van der Waals surface area contributed by atoms with Gasteiger partial charge in [-0.25, -0.2) is 18.1 Å². The molecule has 0 amide bonds. The Morgan fingerprint density at radius 2 is 1.79 bits per heavy atom. The molecular formula is C24H24N4O4S2. The lowest BCUT2D eigenvalue weighted by Gasteiger charge is -2.21. The van der Waals surface area contributed by atoms with Crippen LogP contribution in [0.1, 0.15) is 23.1 Å². The molecule has 8 nitrogen and oxygen atoms in total. The fourth-order valence-corrected chi connectivity index (χ4v) is 5.87. The molecule has 0 atom stereocenters. The van der Waals surface area contributed by atoms with Gasteiger partial charge in [0.2, 0.25) is 4.34 Å². The summed E-state index contributed by atoms with van der Waals surface area (Å²) in [5, 5.41) is 5.87. The van der Waals surface area contributed by atoms with E-state index in [1.54, 1.807) is 16.3 Å². The molecule has 4 aromatic rings. The maximum atomic E-state index is 13.4. The summed E-state index contributed by atoms with van der Waals surface area (Å²) in [4.78, 5) is 15.5. The van der Waals surface area contributed by atoms with Crippen LogP contribution in [0, 0.1) is 0 Å². The van der Waals surface area contributed by atoms with Crippen molar-refractivity contribution in [2.24, 2.45) is 0 Å². The van der Waals surface area contributed by atoms with Crippen LogP contribution in [-0.4, -0.2) is 40.6 Å². The van der Waals surface area contributed by atoms with Crippen LogP contribution >= 0.6 is 11.3 Å².